The summed E-state index contributed by atoms with van der Waals surface area (Å²) in [6.45, 7) is 8.57. The summed E-state index contributed by atoms with van der Waals surface area (Å²) >= 11 is 0. The molecule has 3 heteroatoms. The molecule has 0 fully saturated rings. The van der Waals surface area contributed by atoms with Crippen molar-refractivity contribution in [3.63, 3.8) is 0 Å². The highest BCUT2D eigenvalue weighted by atomic mass is 16.5. The molecule has 2 aromatic rings. The molecule has 0 bridgehead atoms. The Labute approximate surface area is 145 Å². The molecule has 0 aliphatic rings. The van der Waals surface area contributed by atoms with E-state index in [-0.39, 0.29) is 5.60 Å². The van der Waals surface area contributed by atoms with Gasteiger partial charge in [0.15, 0.2) is 0 Å². The van der Waals surface area contributed by atoms with Gasteiger partial charge in [0.2, 0.25) is 0 Å². The summed E-state index contributed by atoms with van der Waals surface area (Å²) in [7, 11) is 0. The monoisotopic (exact) mass is 327 g/mol. The zero-order valence-corrected chi connectivity index (χ0v) is 15.0. The Balaban J connectivity index is 1.99. The van der Waals surface area contributed by atoms with Crippen molar-refractivity contribution in [3.05, 3.63) is 71.8 Å². The normalized spacial score (nSPS) is 13.2. The Morgan fingerprint density at radius 2 is 1.33 bits per heavy atom. The number of benzene rings is 2. The summed E-state index contributed by atoms with van der Waals surface area (Å²) in [6, 6.07) is 20.7. The maximum absolute atomic E-state index is 10.4. The molecule has 0 aliphatic carbocycles. The lowest BCUT2D eigenvalue weighted by molar-refractivity contribution is -0.0572. The molecule has 0 spiro atoms. The predicted molar refractivity (Wildman–Crippen MR) is 98.7 cm³/mol. The molecule has 1 N–H and O–H groups in total. The molecular weight excluding hydrogens is 298 g/mol. The largest absolute Gasteiger partial charge is 0.389 e. The van der Waals surface area contributed by atoms with E-state index >= 15 is 0 Å². The standard InChI is InChI=1S/C21H29NO2/c1-21(2,3)24-17-20(23)16-22(14-18-10-6-4-7-11-18)15-19-12-8-5-9-13-19/h4-13,20,23H,14-17H2,1-3H3. The van der Waals surface area contributed by atoms with Crippen LogP contribution in [0.5, 0.6) is 0 Å². The Bertz CT molecular complexity index is 536. The third-order valence-electron chi connectivity index (χ3n) is 3.68. The fraction of sp³-hybridized carbons (Fsp3) is 0.429. The van der Waals surface area contributed by atoms with Gasteiger partial charge in [0.1, 0.15) is 0 Å². The van der Waals surface area contributed by atoms with Gasteiger partial charge in [-0.3, -0.25) is 4.90 Å². The molecule has 0 amide bonds. The van der Waals surface area contributed by atoms with Gasteiger partial charge in [0.25, 0.3) is 0 Å². The van der Waals surface area contributed by atoms with Crippen LogP contribution in [0.1, 0.15) is 31.9 Å². The van der Waals surface area contributed by atoms with Crippen molar-refractivity contribution in [2.75, 3.05) is 13.2 Å². The van der Waals surface area contributed by atoms with Crippen molar-refractivity contribution in [1.29, 1.82) is 0 Å². The third-order valence-corrected chi connectivity index (χ3v) is 3.68. The second kappa shape index (κ2) is 8.97. The van der Waals surface area contributed by atoms with E-state index in [1.165, 1.54) is 11.1 Å². The van der Waals surface area contributed by atoms with Crippen LogP contribution in [0.4, 0.5) is 0 Å². The van der Waals surface area contributed by atoms with Gasteiger partial charge >= 0.3 is 0 Å². The Hall–Kier alpha value is -1.68. The molecule has 0 saturated carbocycles. The van der Waals surface area contributed by atoms with E-state index in [1.54, 1.807) is 0 Å². The van der Waals surface area contributed by atoms with Crippen LogP contribution in [0.25, 0.3) is 0 Å². The first-order valence-electron chi connectivity index (χ1n) is 8.54. The number of nitrogens with zero attached hydrogens (tertiary/aromatic N) is 1. The first-order chi connectivity index (χ1) is 11.4. The van der Waals surface area contributed by atoms with E-state index in [0.29, 0.717) is 13.2 Å². The lowest BCUT2D eigenvalue weighted by Crippen LogP contribution is -2.36. The Kier molecular flexibility index (Phi) is 6.98. The van der Waals surface area contributed by atoms with E-state index in [0.717, 1.165) is 13.1 Å². The smallest absolute Gasteiger partial charge is 0.0900 e. The molecular formula is C21H29NO2. The Morgan fingerprint density at radius 1 is 0.875 bits per heavy atom. The van der Waals surface area contributed by atoms with E-state index in [2.05, 4.69) is 53.4 Å². The average molecular weight is 327 g/mol. The van der Waals surface area contributed by atoms with Gasteiger partial charge in [-0.25, -0.2) is 0 Å². The van der Waals surface area contributed by atoms with Crippen LogP contribution in [0.2, 0.25) is 0 Å². The van der Waals surface area contributed by atoms with E-state index < -0.39 is 6.10 Å². The molecule has 0 heterocycles. The van der Waals surface area contributed by atoms with Crippen molar-refractivity contribution in [1.82, 2.24) is 4.90 Å². The van der Waals surface area contributed by atoms with Crippen LogP contribution in [-0.2, 0) is 17.8 Å². The summed E-state index contributed by atoms with van der Waals surface area (Å²) < 4.78 is 5.72. The van der Waals surface area contributed by atoms with E-state index in [9.17, 15) is 5.11 Å². The molecule has 0 saturated heterocycles. The van der Waals surface area contributed by atoms with E-state index in [4.69, 9.17) is 4.74 Å². The molecule has 2 aromatic carbocycles. The highest BCUT2D eigenvalue weighted by Gasteiger charge is 2.17. The average Bonchev–Trinajstić information content (AvgIpc) is 2.54. The van der Waals surface area contributed by atoms with Gasteiger partial charge in [-0.2, -0.15) is 0 Å². The summed E-state index contributed by atoms with van der Waals surface area (Å²) in [5, 5.41) is 10.4. The summed E-state index contributed by atoms with van der Waals surface area (Å²) in [5.41, 5.74) is 2.26. The first kappa shape index (κ1) is 18.7. The topological polar surface area (TPSA) is 32.7 Å². The highest BCUT2D eigenvalue weighted by molar-refractivity contribution is 5.17. The maximum atomic E-state index is 10.4. The Morgan fingerprint density at radius 3 is 1.75 bits per heavy atom. The fourth-order valence-electron chi connectivity index (χ4n) is 2.57. The summed E-state index contributed by atoms with van der Waals surface area (Å²) in [5.74, 6) is 0. The van der Waals surface area contributed by atoms with Gasteiger partial charge in [-0.05, 0) is 31.9 Å². The third kappa shape index (κ3) is 7.26. The molecule has 1 atom stereocenters. The molecule has 130 valence electrons. The minimum atomic E-state index is -0.503. The molecule has 0 aromatic heterocycles. The van der Waals surface area contributed by atoms with Crippen LogP contribution in [0.3, 0.4) is 0 Å². The van der Waals surface area contributed by atoms with Crippen molar-refractivity contribution in [3.8, 4) is 0 Å². The predicted octanol–water partition coefficient (Wildman–Crippen LogP) is 3.86. The van der Waals surface area contributed by atoms with Gasteiger partial charge in [-0.15, -0.1) is 0 Å². The zero-order chi connectivity index (χ0) is 17.4. The number of aliphatic hydroxyl groups is 1. The minimum Gasteiger partial charge on any atom is -0.389 e. The molecule has 2 rings (SSSR count). The molecule has 0 radical (unpaired) electrons. The number of rotatable bonds is 8. The molecule has 3 nitrogen and oxygen atoms in total. The zero-order valence-electron chi connectivity index (χ0n) is 15.0. The van der Waals surface area contributed by atoms with Gasteiger partial charge in [-0.1, -0.05) is 60.7 Å². The second-order valence-electron chi connectivity index (χ2n) is 7.22. The van der Waals surface area contributed by atoms with Gasteiger partial charge in [0.05, 0.1) is 18.3 Å². The maximum Gasteiger partial charge on any atom is 0.0900 e. The van der Waals surface area contributed by atoms with Crippen molar-refractivity contribution in [2.45, 2.75) is 45.6 Å². The van der Waals surface area contributed by atoms with Gasteiger partial charge in [0, 0.05) is 19.6 Å². The van der Waals surface area contributed by atoms with Gasteiger partial charge < -0.3 is 9.84 Å². The van der Waals surface area contributed by atoms with Crippen molar-refractivity contribution >= 4 is 0 Å². The molecule has 24 heavy (non-hydrogen) atoms. The van der Waals surface area contributed by atoms with Crippen LogP contribution < -0.4 is 0 Å². The SMILES string of the molecule is CC(C)(C)OCC(O)CN(Cc1ccccc1)Cc1ccccc1. The van der Waals surface area contributed by atoms with Crippen LogP contribution in [0, 0.1) is 0 Å². The quantitative estimate of drug-likeness (QED) is 0.799. The second-order valence-corrected chi connectivity index (χ2v) is 7.22. The number of aliphatic hydroxyl groups excluding tert-OH is 1. The van der Waals surface area contributed by atoms with Crippen molar-refractivity contribution < 1.29 is 9.84 Å². The number of ether oxygens (including phenoxy) is 1. The summed E-state index contributed by atoms with van der Waals surface area (Å²) in [4.78, 5) is 2.27. The number of hydrogen-bond acceptors (Lipinski definition) is 3. The lowest BCUT2D eigenvalue weighted by Gasteiger charge is -2.27. The first-order valence-corrected chi connectivity index (χ1v) is 8.54. The molecule has 0 aliphatic heterocycles. The minimum absolute atomic E-state index is 0.231. The fourth-order valence-corrected chi connectivity index (χ4v) is 2.57. The highest BCUT2D eigenvalue weighted by Crippen LogP contribution is 2.12. The number of hydrogen-bond donors (Lipinski definition) is 1. The van der Waals surface area contributed by atoms with Crippen molar-refractivity contribution in [2.24, 2.45) is 0 Å². The van der Waals surface area contributed by atoms with E-state index in [1.807, 2.05) is 32.9 Å². The van der Waals surface area contributed by atoms with Crippen LogP contribution in [0.15, 0.2) is 60.7 Å². The molecule has 1 unspecified atom stereocenters. The van der Waals surface area contributed by atoms with Crippen LogP contribution in [-0.4, -0.2) is 34.9 Å². The van der Waals surface area contributed by atoms with Crippen LogP contribution >= 0.6 is 0 Å². The lowest BCUT2D eigenvalue weighted by atomic mass is 10.1. The summed E-state index contributed by atoms with van der Waals surface area (Å²) in [6.07, 6.45) is -0.503.